The Balaban J connectivity index is 2.35. The lowest BCUT2D eigenvalue weighted by atomic mass is 10.1. The van der Waals surface area contributed by atoms with Gasteiger partial charge < -0.3 is 5.11 Å². The van der Waals surface area contributed by atoms with Crippen LogP contribution in [-0.4, -0.2) is 5.11 Å². The van der Waals surface area contributed by atoms with Crippen LogP contribution in [0.2, 0.25) is 0 Å². The third kappa shape index (κ3) is 2.67. The fourth-order valence-corrected chi connectivity index (χ4v) is 3.61. The van der Waals surface area contributed by atoms with Crippen LogP contribution >= 0.6 is 49.9 Å². The van der Waals surface area contributed by atoms with Crippen LogP contribution in [0, 0.1) is 10.5 Å². The molecule has 4 heteroatoms. The summed E-state index contributed by atoms with van der Waals surface area (Å²) in [7, 11) is 0. The zero-order chi connectivity index (χ0) is 11.7. The second-order valence-corrected chi connectivity index (χ2v) is 7.21. The summed E-state index contributed by atoms with van der Waals surface area (Å²) in [6, 6.07) is 9.98. The van der Waals surface area contributed by atoms with E-state index in [1.165, 1.54) is 5.56 Å². The Kier molecular flexibility index (Phi) is 4.05. The quantitative estimate of drug-likeness (QED) is 0.725. The summed E-state index contributed by atoms with van der Waals surface area (Å²) < 4.78 is 2.23. The standard InChI is InChI=1S/C12H10BrIOS/c1-7-5-10(16-12(7)13)11(15)8-3-2-4-9(14)6-8/h2-6,11,15H,1H3. The predicted octanol–water partition coefficient (Wildman–Crippen LogP) is 4.51. The molecular weight excluding hydrogens is 399 g/mol. The van der Waals surface area contributed by atoms with Gasteiger partial charge in [-0.2, -0.15) is 0 Å². The highest BCUT2D eigenvalue weighted by molar-refractivity contribution is 14.1. The minimum atomic E-state index is -0.523. The molecule has 2 rings (SSSR count). The summed E-state index contributed by atoms with van der Waals surface area (Å²) in [4.78, 5) is 0.978. The molecule has 0 saturated carbocycles. The zero-order valence-corrected chi connectivity index (χ0v) is 13.1. The number of aliphatic hydroxyl groups excluding tert-OH is 1. The van der Waals surface area contributed by atoms with E-state index in [-0.39, 0.29) is 0 Å². The summed E-state index contributed by atoms with van der Waals surface area (Å²) in [5.74, 6) is 0. The first kappa shape index (κ1) is 12.5. The number of hydrogen-bond acceptors (Lipinski definition) is 2. The molecule has 1 N–H and O–H groups in total. The molecule has 0 saturated heterocycles. The van der Waals surface area contributed by atoms with Gasteiger partial charge in [-0.1, -0.05) is 12.1 Å². The van der Waals surface area contributed by atoms with E-state index in [0.29, 0.717) is 0 Å². The number of rotatable bonds is 2. The monoisotopic (exact) mass is 408 g/mol. The van der Waals surface area contributed by atoms with Crippen molar-refractivity contribution in [3.63, 3.8) is 0 Å². The van der Waals surface area contributed by atoms with E-state index in [1.54, 1.807) is 11.3 Å². The fourth-order valence-electron chi connectivity index (χ4n) is 1.46. The highest BCUT2D eigenvalue weighted by Gasteiger charge is 2.14. The average molecular weight is 409 g/mol. The molecule has 84 valence electrons. The number of aliphatic hydroxyl groups is 1. The summed E-state index contributed by atoms with van der Waals surface area (Å²) >= 11 is 7.32. The maximum atomic E-state index is 10.2. The van der Waals surface area contributed by atoms with Gasteiger partial charge >= 0.3 is 0 Å². The third-order valence-corrected chi connectivity index (χ3v) is 5.17. The Morgan fingerprint density at radius 1 is 1.38 bits per heavy atom. The lowest BCUT2D eigenvalue weighted by Crippen LogP contribution is -1.96. The number of hydrogen-bond donors (Lipinski definition) is 1. The first-order chi connectivity index (χ1) is 7.58. The molecule has 16 heavy (non-hydrogen) atoms. The largest absolute Gasteiger partial charge is 0.383 e. The molecule has 0 fully saturated rings. The van der Waals surface area contributed by atoms with Crippen LogP contribution in [0.4, 0.5) is 0 Å². The Morgan fingerprint density at radius 3 is 2.69 bits per heavy atom. The van der Waals surface area contributed by atoms with E-state index >= 15 is 0 Å². The normalized spacial score (nSPS) is 12.8. The van der Waals surface area contributed by atoms with Crippen molar-refractivity contribution in [1.82, 2.24) is 0 Å². The molecule has 0 aliphatic carbocycles. The molecule has 0 spiro atoms. The fraction of sp³-hybridized carbons (Fsp3) is 0.167. The van der Waals surface area contributed by atoms with E-state index in [9.17, 15) is 5.11 Å². The van der Waals surface area contributed by atoms with Crippen molar-refractivity contribution in [3.05, 3.63) is 53.7 Å². The Labute approximate surface area is 121 Å². The molecule has 0 bridgehead atoms. The van der Waals surface area contributed by atoms with Gasteiger partial charge in [0.15, 0.2) is 0 Å². The van der Waals surface area contributed by atoms with Gasteiger partial charge in [0.05, 0.1) is 3.79 Å². The maximum absolute atomic E-state index is 10.2. The van der Waals surface area contributed by atoms with Crippen LogP contribution in [0.3, 0.4) is 0 Å². The second kappa shape index (κ2) is 5.16. The van der Waals surface area contributed by atoms with Crippen LogP contribution < -0.4 is 0 Å². The number of aryl methyl sites for hydroxylation is 1. The molecule has 1 nitrogen and oxygen atoms in total. The van der Waals surface area contributed by atoms with Gasteiger partial charge in [0.1, 0.15) is 6.10 Å². The van der Waals surface area contributed by atoms with Crippen LogP contribution in [-0.2, 0) is 0 Å². The maximum Gasteiger partial charge on any atom is 0.113 e. The molecule has 2 aromatic rings. The van der Waals surface area contributed by atoms with E-state index in [2.05, 4.69) is 38.5 Å². The molecule has 0 aliphatic heterocycles. The van der Waals surface area contributed by atoms with Gasteiger partial charge in [-0.25, -0.2) is 0 Å². The van der Waals surface area contributed by atoms with Gasteiger partial charge in [-0.15, -0.1) is 11.3 Å². The Hall–Kier alpha value is 0.0900. The van der Waals surface area contributed by atoms with Gasteiger partial charge in [0.2, 0.25) is 0 Å². The van der Waals surface area contributed by atoms with E-state index in [4.69, 9.17) is 0 Å². The van der Waals surface area contributed by atoms with E-state index in [1.807, 2.05) is 37.3 Å². The van der Waals surface area contributed by atoms with E-state index in [0.717, 1.165) is 17.8 Å². The summed E-state index contributed by atoms with van der Waals surface area (Å²) in [5.41, 5.74) is 2.12. The number of halogens is 2. The average Bonchev–Trinajstić information content (AvgIpc) is 2.58. The minimum absolute atomic E-state index is 0.523. The van der Waals surface area contributed by atoms with Gasteiger partial charge in [-0.3, -0.25) is 0 Å². The molecule has 1 aromatic heterocycles. The lowest BCUT2D eigenvalue weighted by Gasteiger charge is -2.08. The van der Waals surface area contributed by atoms with Crippen LogP contribution in [0.25, 0.3) is 0 Å². The number of thiophene rings is 1. The van der Waals surface area contributed by atoms with Gasteiger partial charge in [0.25, 0.3) is 0 Å². The summed E-state index contributed by atoms with van der Waals surface area (Å²) in [6.45, 7) is 2.03. The molecular formula is C12H10BrIOS. The molecule has 0 radical (unpaired) electrons. The lowest BCUT2D eigenvalue weighted by molar-refractivity contribution is 0.224. The van der Waals surface area contributed by atoms with E-state index < -0.39 is 6.10 Å². The Bertz CT molecular complexity index is 490. The molecule has 1 unspecified atom stereocenters. The first-order valence-corrected chi connectivity index (χ1v) is 7.46. The summed E-state index contributed by atoms with van der Waals surface area (Å²) in [6.07, 6.45) is -0.523. The highest BCUT2D eigenvalue weighted by Crippen LogP contribution is 2.34. The molecule has 1 heterocycles. The van der Waals surface area contributed by atoms with Crippen molar-refractivity contribution in [2.75, 3.05) is 0 Å². The number of benzene rings is 1. The molecule has 0 amide bonds. The van der Waals surface area contributed by atoms with Gasteiger partial charge in [0, 0.05) is 8.45 Å². The van der Waals surface area contributed by atoms with Crippen molar-refractivity contribution < 1.29 is 5.11 Å². The van der Waals surface area contributed by atoms with Gasteiger partial charge in [-0.05, 0) is 74.8 Å². The predicted molar refractivity (Wildman–Crippen MR) is 80.0 cm³/mol. The first-order valence-electron chi connectivity index (χ1n) is 4.77. The van der Waals surface area contributed by atoms with Crippen LogP contribution in [0.5, 0.6) is 0 Å². The topological polar surface area (TPSA) is 20.2 Å². The van der Waals surface area contributed by atoms with Crippen molar-refractivity contribution in [3.8, 4) is 0 Å². The minimum Gasteiger partial charge on any atom is -0.383 e. The van der Waals surface area contributed by atoms with Crippen molar-refractivity contribution in [1.29, 1.82) is 0 Å². The molecule has 1 aromatic carbocycles. The second-order valence-electron chi connectivity index (χ2n) is 3.56. The summed E-state index contributed by atoms with van der Waals surface area (Å²) in [5, 5.41) is 10.2. The van der Waals surface area contributed by atoms with Crippen LogP contribution in [0.1, 0.15) is 22.1 Å². The SMILES string of the molecule is Cc1cc(C(O)c2cccc(I)c2)sc1Br. The Morgan fingerprint density at radius 2 is 2.12 bits per heavy atom. The third-order valence-electron chi connectivity index (χ3n) is 2.31. The zero-order valence-electron chi connectivity index (χ0n) is 8.58. The highest BCUT2D eigenvalue weighted by atomic mass is 127. The molecule has 1 atom stereocenters. The van der Waals surface area contributed by atoms with Crippen LogP contribution in [0.15, 0.2) is 34.1 Å². The smallest absolute Gasteiger partial charge is 0.113 e. The van der Waals surface area contributed by atoms with Crippen molar-refractivity contribution in [2.24, 2.45) is 0 Å². The van der Waals surface area contributed by atoms with Crippen molar-refractivity contribution >= 4 is 49.9 Å². The molecule has 0 aliphatic rings. The van der Waals surface area contributed by atoms with Crippen molar-refractivity contribution in [2.45, 2.75) is 13.0 Å².